The van der Waals surface area contributed by atoms with Gasteiger partial charge in [0.05, 0.1) is 18.8 Å². The summed E-state index contributed by atoms with van der Waals surface area (Å²) in [7, 11) is 0. The molecule has 0 spiro atoms. The molecule has 0 aromatic heterocycles. The molecule has 0 aliphatic carbocycles. The standard InChI is InChI=1S/C23H28BrN3O3/c1-16-13-27(14-17(2)30-16)15-20-7-4-3-6-19(20)11-25-22(28)12-26-23(29)18-8-5-9-21(24)10-18/h3-10,16-17H,11-15H2,1-2H3,(H,25,28)(H,26,29). The van der Waals surface area contributed by atoms with Gasteiger partial charge in [-0.25, -0.2) is 0 Å². The van der Waals surface area contributed by atoms with Crippen molar-refractivity contribution in [2.75, 3.05) is 19.6 Å². The summed E-state index contributed by atoms with van der Waals surface area (Å²) < 4.78 is 6.63. The van der Waals surface area contributed by atoms with Gasteiger partial charge in [0.15, 0.2) is 0 Å². The van der Waals surface area contributed by atoms with E-state index in [1.54, 1.807) is 18.2 Å². The van der Waals surface area contributed by atoms with Crippen LogP contribution in [0.2, 0.25) is 0 Å². The summed E-state index contributed by atoms with van der Waals surface area (Å²) in [6.45, 7) is 7.17. The molecule has 2 aromatic carbocycles. The molecule has 6 nitrogen and oxygen atoms in total. The molecule has 1 fully saturated rings. The van der Waals surface area contributed by atoms with E-state index in [-0.39, 0.29) is 30.6 Å². The summed E-state index contributed by atoms with van der Waals surface area (Å²) in [4.78, 5) is 26.8. The minimum absolute atomic E-state index is 0.0635. The van der Waals surface area contributed by atoms with Crippen LogP contribution in [0.5, 0.6) is 0 Å². The number of hydrogen-bond acceptors (Lipinski definition) is 4. The van der Waals surface area contributed by atoms with Gasteiger partial charge in [-0.05, 0) is 43.2 Å². The van der Waals surface area contributed by atoms with Gasteiger partial charge in [0.25, 0.3) is 5.91 Å². The lowest BCUT2D eigenvalue weighted by molar-refractivity contribution is -0.120. The van der Waals surface area contributed by atoms with Gasteiger partial charge >= 0.3 is 0 Å². The van der Waals surface area contributed by atoms with Crippen molar-refractivity contribution in [3.05, 3.63) is 69.7 Å². The van der Waals surface area contributed by atoms with Crippen LogP contribution in [0, 0.1) is 0 Å². The van der Waals surface area contributed by atoms with Crippen LogP contribution in [0.3, 0.4) is 0 Å². The van der Waals surface area contributed by atoms with Crippen molar-refractivity contribution in [1.82, 2.24) is 15.5 Å². The molecule has 2 unspecified atom stereocenters. The quantitative estimate of drug-likeness (QED) is 0.647. The number of benzene rings is 2. The fourth-order valence-electron chi connectivity index (χ4n) is 3.69. The van der Waals surface area contributed by atoms with Gasteiger partial charge in [0.1, 0.15) is 0 Å². The van der Waals surface area contributed by atoms with E-state index in [1.807, 2.05) is 24.3 Å². The second-order valence-corrected chi connectivity index (χ2v) is 8.61. The predicted molar refractivity (Wildman–Crippen MR) is 120 cm³/mol. The second-order valence-electron chi connectivity index (χ2n) is 7.69. The lowest BCUT2D eigenvalue weighted by Gasteiger charge is -2.35. The fraction of sp³-hybridized carbons (Fsp3) is 0.391. The molecule has 1 aliphatic heterocycles. The average Bonchev–Trinajstić information content (AvgIpc) is 2.70. The first-order chi connectivity index (χ1) is 14.4. The van der Waals surface area contributed by atoms with Crippen molar-refractivity contribution in [2.45, 2.75) is 39.1 Å². The summed E-state index contributed by atoms with van der Waals surface area (Å²) in [6.07, 6.45) is 0.434. The number of carbonyl (C=O) groups excluding carboxylic acids is 2. The monoisotopic (exact) mass is 473 g/mol. The molecule has 2 aromatic rings. The first-order valence-corrected chi connectivity index (χ1v) is 10.9. The Bertz CT molecular complexity index is 880. The Morgan fingerprint density at radius 3 is 2.43 bits per heavy atom. The molecule has 1 heterocycles. The van der Waals surface area contributed by atoms with Crippen molar-refractivity contribution >= 4 is 27.7 Å². The van der Waals surface area contributed by atoms with Gasteiger partial charge < -0.3 is 15.4 Å². The highest BCUT2D eigenvalue weighted by Gasteiger charge is 2.22. The number of amides is 2. The molecule has 30 heavy (non-hydrogen) atoms. The van der Waals surface area contributed by atoms with E-state index in [0.29, 0.717) is 12.1 Å². The van der Waals surface area contributed by atoms with Crippen LogP contribution in [-0.2, 0) is 22.6 Å². The number of halogens is 1. The molecule has 160 valence electrons. The van der Waals surface area contributed by atoms with E-state index in [9.17, 15) is 9.59 Å². The molecule has 7 heteroatoms. The average molecular weight is 474 g/mol. The third-order valence-electron chi connectivity index (χ3n) is 4.98. The van der Waals surface area contributed by atoms with Crippen molar-refractivity contribution in [3.63, 3.8) is 0 Å². The van der Waals surface area contributed by atoms with Crippen molar-refractivity contribution < 1.29 is 14.3 Å². The molecule has 1 aliphatic rings. The van der Waals surface area contributed by atoms with Crippen molar-refractivity contribution in [2.24, 2.45) is 0 Å². The van der Waals surface area contributed by atoms with Gasteiger partial charge in [-0.1, -0.05) is 46.3 Å². The van der Waals surface area contributed by atoms with Crippen LogP contribution in [-0.4, -0.2) is 48.6 Å². The number of nitrogens with zero attached hydrogens (tertiary/aromatic N) is 1. The normalized spacial score (nSPS) is 19.3. The fourth-order valence-corrected chi connectivity index (χ4v) is 4.09. The highest BCUT2D eigenvalue weighted by atomic mass is 79.9. The second kappa shape index (κ2) is 10.7. The Morgan fingerprint density at radius 1 is 1.03 bits per heavy atom. The number of nitrogens with one attached hydrogen (secondary N) is 2. The summed E-state index contributed by atoms with van der Waals surface area (Å²) in [5.74, 6) is -0.496. The first-order valence-electron chi connectivity index (χ1n) is 10.2. The Balaban J connectivity index is 1.50. The van der Waals surface area contributed by atoms with Gasteiger partial charge in [-0.3, -0.25) is 14.5 Å². The third-order valence-corrected chi connectivity index (χ3v) is 5.47. The summed E-state index contributed by atoms with van der Waals surface area (Å²) in [5, 5.41) is 5.56. The molecule has 0 bridgehead atoms. The number of carbonyl (C=O) groups is 2. The largest absolute Gasteiger partial charge is 0.373 e. The number of rotatable bonds is 7. The van der Waals surface area contributed by atoms with Gasteiger partial charge in [-0.2, -0.15) is 0 Å². The Labute approximate surface area is 186 Å². The van der Waals surface area contributed by atoms with Crippen LogP contribution < -0.4 is 10.6 Å². The Morgan fingerprint density at radius 2 is 1.73 bits per heavy atom. The van der Waals surface area contributed by atoms with Crippen LogP contribution >= 0.6 is 15.9 Å². The first kappa shape index (κ1) is 22.5. The van der Waals surface area contributed by atoms with E-state index in [1.165, 1.54) is 5.56 Å². The van der Waals surface area contributed by atoms with Crippen molar-refractivity contribution in [1.29, 1.82) is 0 Å². The minimum Gasteiger partial charge on any atom is -0.373 e. The van der Waals surface area contributed by atoms with Crippen LogP contribution in [0.1, 0.15) is 35.3 Å². The highest BCUT2D eigenvalue weighted by Crippen LogP contribution is 2.17. The topological polar surface area (TPSA) is 70.7 Å². The molecule has 0 radical (unpaired) electrons. The minimum atomic E-state index is -0.276. The lowest BCUT2D eigenvalue weighted by Crippen LogP contribution is -2.45. The third kappa shape index (κ3) is 6.65. The zero-order chi connectivity index (χ0) is 21.5. The molecular formula is C23H28BrN3O3. The van der Waals surface area contributed by atoms with Crippen LogP contribution in [0.15, 0.2) is 53.0 Å². The van der Waals surface area contributed by atoms with Crippen LogP contribution in [0.25, 0.3) is 0 Å². The number of ether oxygens (including phenoxy) is 1. The summed E-state index contributed by atoms with van der Waals surface area (Å²) >= 11 is 3.34. The zero-order valence-electron chi connectivity index (χ0n) is 17.4. The molecule has 2 atom stereocenters. The van der Waals surface area contributed by atoms with Crippen LogP contribution in [0.4, 0.5) is 0 Å². The van der Waals surface area contributed by atoms with Gasteiger partial charge in [-0.15, -0.1) is 0 Å². The summed E-state index contributed by atoms with van der Waals surface area (Å²) in [6, 6.07) is 15.2. The van der Waals surface area contributed by atoms with E-state index < -0.39 is 0 Å². The van der Waals surface area contributed by atoms with E-state index >= 15 is 0 Å². The van der Waals surface area contributed by atoms with E-state index in [4.69, 9.17) is 4.74 Å². The lowest BCUT2D eigenvalue weighted by atomic mass is 10.1. The maximum atomic E-state index is 12.2. The molecule has 1 saturated heterocycles. The van der Waals surface area contributed by atoms with Gasteiger partial charge in [0.2, 0.25) is 5.91 Å². The van der Waals surface area contributed by atoms with E-state index in [0.717, 1.165) is 29.7 Å². The number of hydrogen-bond donors (Lipinski definition) is 2. The maximum absolute atomic E-state index is 12.2. The molecule has 2 N–H and O–H groups in total. The maximum Gasteiger partial charge on any atom is 0.251 e. The highest BCUT2D eigenvalue weighted by molar-refractivity contribution is 9.10. The summed E-state index contributed by atoms with van der Waals surface area (Å²) in [5.41, 5.74) is 2.78. The number of morpholine rings is 1. The molecular weight excluding hydrogens is 446 g/mol. The Hall–Kier alpha value is -2.22. The molecule has 2 amide bonds. The van der Waals surface area contributed by atoms with E-state index in [2.05, 4.69) is 51.4 Å². The SMILES string of the molecule is CC1CN(Cc2ccccc2CNC(=O)CNC(=O)c2cccc(Br)c2)CC(C)O1. The van der Waals surface area contributed by atoms with Crippen molar-refractivity contribution in [3.8, 4) is 0 Å². The zero-order valence-corrected chi connectivity index (χ0v) is 18.9. The smallest absolute Gasteiger partial charge is 0.251 e. The molecule has 0 saturated carbocycles. The Kier molecular flexibility index (Phi) is 8.01. The molecule has 3 rings (SSSR count). The predicted octanol–water partition coefficient (Wildman–Crippen LogP) is 3.10. The van der Waals surface area contributed by atoms with Gasteiger partial charge in [0, 0.05) is 36.2 Å².